The Balaban J connectivity index is 2.49. The third kappa shape index (κ3) is 1.27. The minimum absolute atomic E-state index is 0.742. The molecule has 0 amide bonds. The number of halogens is 1. The molecule has 0 spiro atoms. The van der Waals surface area contributed by atoms with Gasteiger partial charge in [-0.25, -0.2) is 0 Å². The Morgan fingerprint density at radius 1 is 1.71 bits per heavy atom. The summed E-state index contributed by atoms with van der Waals surface area (Å²) < 4.78 is 0. The molecule has 3 nitrogen and oxygen atoms in total. The molecule has 7 heavy (non-hydrogen) atoms. The second-order valence-electron chi connectivity index (χ2n) is 0.985. The first kappa shape index (κ1) is 4.77. The number of nitrogens with one attached hydrogen (secondary N) is 1. The molecule has 1 aliphatic rings. The van der Waals surface area contributed by atoms with Gasteiger partial charge in [-0.15, -0.1) is 5.11 Å². The zero-order valence-corrected chi connectivity index (χ0v) is 5.01. The zero-order chi connectivity index (χ0) is 5.11. The van der Waals surface area contributed by atoms with Crippen LogP contribution in [0.1, 0.15) is 0 Å². The molecule has 0 saturated carbocycles. The van der Waals surface area contributed by atoms with E-state index < -0.39 is 0 Å². The van der Waals surface area contributed by atoms with Crippen LogP contribution < -0.4 is 5.43 Å². The quantitative estimate of drug-likeness (QED) is 0.535. The van der Waals surface area contributed by atoms with Crippen molar-refractivity contribution in [3.05, 3.63) is 17.2 Å². The van der Waals surface area contributed by atoms with Crippen LogP contribution in [0, 0.1) is 4.95 Å². The lowest BCUT2D eigenvalue weighted by atomic mass is 10.6. The van der Waals surface area contributed by atoms with Gasteiger partial charge in [0.15, 0.2) is 4.95 Å². The third-order valence-corrected chi connectivity index (χ3v) is 0.922. The van der Waals surface area contributed by atoms with E-state index in [2.05, 4.69) is 31.7 Å². The number of hydrogen-bond donors (Lipinski definition) is 1. The molecule has 0 aromatic heterocycles. The SMILES string of the molecule is Br[C]1C=CNN=N1. The van der Waals surface area contributed by atoms with E-state index in [9.17, 15) is 0 Å². The molecule has 1 rings (SSSR count). The maximum absolute atomic E-state index is 3.59. The largest absolute Gasteiger partial charge is 0.268 e. The van der Waals surface area contributed by atoms with E-state index in [1.165, 1.54) is 0 Å². The van der Waals surface area contributed by atoms with Crippen molar-refractivity contribution in [2.75, 3.05) is 0 Å². The van der Waals surface area contributed by atoms with Crippen molar-refractivity contribution >= 4 is 15.9 Å². The summed E-state index contributed by atoms with van der Waals surface area (Å²) in [6.45, 7) is 0. The van der Waals surface area contributed by atoms with Crippen molar-refractivity contribution in [3.8, 4) is 0 Å². The summed E-state index contributed by atoms with van der Waals surface area (Å²) in [6, 6.07) is 0. The zero-order valence-electron chi connectivity index (χ0n) is 3.43. The second-order valence-corrected chi connectivity index (χ2v) is 1.80. The first-order chi connectivity index (χ1) is 3.39. The second kappa shape index (κ2) is 2.07. The van der Waals surface area contributed by atoms with Crippen molar-refractivity contribution in [2.24, 2.45) is 10.3 Å². The van der Waals surface area contributed by atoms with Gasteiger partial charge in [-0.05, 0) is 22.0 Å². The molecule has 1 N–H and O–H groups in total. The third-order valence-electron chi connectivity index (χ3n) is 0.499. The molecule has 1 aliphatic heterocycles. The van der Waals surface area contributed by atoms with E-state index in [1.807, 2.05) is 0 Å². The summed E-state index contributed by atoms with van der Waals surface area (Å²) >= 11 is 3.12. The summed E-state index contributed by atoms with van der Waals surface area (Å²) in [4.78, 5) is 0.742. The molecule has 1 radical (unpaired) electrons. The Kier molecular flexibility index (Phi) is 1.41. The number of hydrogen-bond acceptors (Lipinski definition) is 3. The van der Waals surface area contributed by atoms with Crippen LogP contribution in [0.2, 0.25) is 0 Å². The van der Waals surface area contributed by atoms with Crippen LogP contribution in [0.3, 0.4) is 0 Å². The predicted molar refractivity (Wildman–Crippen MR) is 29.3 cm³/mol. The van der Waals surface area contributed by atoms with Gasteiger partial charge in [0.25, 0.3) is 0 Å². The van der Waals surface area contributed by atoms with Crippen molar-refractivity contribution < 1.29 is 0 Å². The topological polar surface area (TPSA) is 36.8 Å². The minimum atomic E-state index is 0.742. The molecule has 0 atom stereocenters. The number of nitrogens with zero attached hydrogens (tertiary/aromatic N) is 2. The standard InChI is InChI=1S/C3H3BrN3/c4-3-1-2-5-7-6-3/h1-2H,(H,5,6). The van der Waals surface area contributed by atoms with Gasteiger partial charge in [0, 0.05) is 6.20 Å². The summed E-state index contributed by atoms with van der Waals surface area (Å²) in [5, 5.41) is 7.05. The van der Waals surface area contributed by atoms with E-state index in [-0.39, 0.29) is 0 Å². The van der Waals surface area contributed by atoms with Crippen LogP contribution >= 0.6 is 15.9 Å². The lowest BCUT2D eigenvalue weighted by molar-refractivity contribution is 0.824. The Labute approximate surface area is 49.6 Å². The first-order valence-electron chi connectivity index (χ1n) is 1.75. The molecule has 0 aromatic rings. The van der Waals surface area contributed by atoms with Gasteiger partial charge >= 0.3 is 0 Å². The van der Waals surface area contributed by atoms with E-state index in [1.54, 1.807) is 12.3 Å². The van der Waals surface area contributed by atoms with Crippen molar-refractivity contribution in [2.45, 2.75) is 0 Å². The Hall–Kier alpha value is -0.380. The van der Waals surface area contributed by atoms with Gasteiger partial charge in [-0.1, -0.05) is 5.22 Å². The van der Waals surface area contributed by atoms with Gasteiger partial charge in [0.05, 0.1) is 0 Å². The monoisotopic (exact) mass is 160 g/mol. The molecule has 0 fully saturated rings. The Morgan fingerprint density at radius 2 is 2.57 bits per heavy atom. The molecule has 0 unspecified atom stereocenters. The molecular weight excluding hydrogens is 158 g/mol. The highest BCUT2D eigenvalue weighted by Crippen LogP contribution is 2.14. The van der Waals surface area contributed by atoms with E-state index in [0.717, 1.165) is 4.95 Å². The normalized spacial score (nSPS) is 19.6. The van der Waals surface area contributed by atoms with Crippen molar-refractivity contribution in [1.82, 2.24) is 5.43 Å². The van der Waals surface area contributed by atoms with Crippen LogP contribution in [-0.2, 0) is 0 Å². The lowest BCUT2D eigenvalue weighted by Crippen LogP contribution is -1.96. The highest BCUT2D eigenvalue weighted by molar-refractivity contribution is 9.11. The molecule has 1 heterocycles. The molecule has 0 aromatic carbocycles. The molecule has 0 aliphatic carbocycles. The highest BCUT2D eigenvalue weighted by atomic mass is 79.9. The van der Waals surface area contributed by atoms with Crippen LogP contribution in [0.15, 0.2) is 22.6 Å². The molecule has 4 heteroatoms. The summed E-state index contributed by atoms with van der Waals surface area (Å²) in [5.74, 6) is 0. The maximum atomic E-state index is 3.59. The summed E-state index contributed by atoms with van der Waals surface area (Å²) in [7, 11) is 0. The van der Waals surface area contributed by atoms with Crippen LogP contribution in [0.25, 0.3) is 0 Å². The van der Waals surface area contributed by atoms with E-state index >= 15 is 0 Å². The van der Waals surface area contributed by atoms with Crippen molar-refractivity contribution in [3.63, 3.8) is 0 Å². The summed E-state index contributed by atoms with van der Waals surface area (Å²) in [5.41, 5.74) is 2.54. The van der Waals surface area contributed by atoms with E-state index in [4.69, 9.17) is 0 Å². The van der Waals surface area contributed by atoms with Gasteiger partial charge in [-0.3, -0.25) is 5.43 Å². The van der Waals surface area contributed by atoms with Crippen LogP contribution in [-0.4, -0.2) is 0 Å². The fourth-order valence-corrected chi connectivity index (χ4v) is 0.461. The lowest BCUT2D eigenvalue weighted by Gasteiger charge is -1.96. The molecule has 0 bridgehead atoms. The fourth-order valence-electron chi connectivity index (χ4n) is 0.249. The van der Waals surface area contributed by atoms with Gasteiger partial charge in [0.1, 0.15) is 0 Å². The molecule has 0 saturated heterocycles. The molecular formula is C3H3BrN3. The minimum Gasteiger partial charge on any atom is -0.268 e. The Bertz CT molecular complexity index is 96.7. The first-order valence-corrected chi connectivity index (χ1v) is 2.54. The average Bonchev–Trinajstić information content (AvgIpc) is 1.69. The Morgan fingerprint density at radius 3 is 2.86 bits per heavy atom. The molecule has 37 valence electrons. The highest BCUT2D eigenvalue weighted by Gasteiger charge is 1.96. The van der Waals surface area contributed by atoms with E-state index in [0.29, 0.717) is 0 Å². The maximum Gasteiger partial charge on any atom is 0.198 e. The number of rotatable bonds is 0. The predicted octanol–water partition coefficient (Wildman–Crippen LogP) is 1.35. The smallest absolute Gasteiger partial charge is 0.198 e. The fraction of sp³-hybridized carbons (Fsp3) is 0. The summed E-state index contributed by atoms with van der Waals surface area (Å²) in [6.07, 6.45) is 3.46. The van der Waals surface area contributed by atoms with Gasteiger partial charge < -0.3 is 0 Å². The van der Waals surface area contributed by atoms with Crippen LogP contribution in [0.4, 0.5) is 0 Å². The van der Waals surface area contributed by atoms with Gasteiger partial charge in [-0.2, -0.15) is 0 Å². The van der Waals surface area contributed by atoms with Crippen LogP contribution in [0.5, 0.6) is 0 Å². The van der Waals surface area contributed by atoms with Gasteiger partial charge in [0.2, 0.25) is 0 Å². The average molecular weight is 161 g/mol. The van der Waals surface area contributed by atoms with Crippen molar-refractivity contribution in [1.29, 1.82) is 0 Å².